The first-order valence-corrected chi connectivity index (χ1v) is 8.62. The van der Waals surface area contributed by atoms with Gasteiger partial charge in [0.1, 0.15) is 11.6 Å². The fourth-order valence-electron chi connectivity index (χ4n) is 2.94. The number of hydrogen-bond donors (Lipinski definition) is 2. The van der Waals surface area contributed by atoms with Crippen LogP contribution in [0.5, 0.6) is 0 Å². The molecule has 1 saturated carbocycles. The lowest BCUT2D eigenvalue weighted by Gasteiger charge is -2.25. The van der Waals surface area contributed by atoms with Gasteiger partial charge in [-0.2, -0.15) is 0 Å². The molecular formula is C18H25F2N3O2. The Morgan fingerprint density at radius 2 is 1.92 bits per heavy atom. The lowest BCUT2D eigenvalue weighted by molar-refractivity contribution is -0.124. The molecule has 25 heavy (non-hydrogen) atoms. The number of carbonyl (C=O) groups is 2. The molecule has 0 spiro atoms. The van der Waals surface area contributed by atoms with E-state index in [1.165, 1.54) is 18.6 Å². The van der Waals surface area contributed by atoms with E-state index in [1.807, 2.05) is 0 Å². The number of urea groups is 1. The van der Waals surface area contributed by atoms with Gasteiger partial charge in [0, 0.05) is 24.2 Å². The first kappa shape index (κ1) is 19.3. The van der Waals surface area contributed by atoms with Crippen molar-refractivity contribution in [3.05, 3.63) is 35.4 Å². The van der Waals surface area contributed by atoms with Gasteiger partial charge in [0.05, 0.1) is 6.04 Å². The summed E-state index contributed by atoms with van der Waals surface area (Å²) in [6.07, 6.45) is 5.21. The molecule has 0 aromatic heterocycles. The molecule has 1 aromatic rings. The van der Waals surface area contributed by atoms with Crippen LogP contribution in [0, 0.1) is 11.6 Å². The Labute approximate surface area is 146 Å². The van der Waals surface area contributed by atoms with Gasteiger partial charge in [-0.3, -0.25) is 15.0 Å². The molecule has 0 unspecified atom stereocenters. The van der Waals surface area contributed by atoms with E-state index in [0.29, 0.717) is 0 Å². The van der Waals surface area contributed by atoms with Gasteiger partial charge < -0.3 is 5.32 Å². The number of amides is 3. The zero-order valence-corrected chi connectivity index (χ0v) is 14.6. The molecule has 1 atom stereocenters. The van der Waals surface area contributed by atoms with Crippen molar-refractivity contribution in [2.24, 2.45) is 0 Å². The van der Waals surface area contributed by atoms with Gasteiger partial charge in [0.15, 0.2) is 0 Å². The molecule has 0 saturated heterocycles. The first-order valence-electron chi connectivity index (χ1n) is 8.62. The Morgan fingerprint density at radius 1 is 1.24 bits per heavy atom. The van der Waals surface area contributed by atoms with Gasteiger partial charge in [0.25, 0.3) is 0 Å². The molecule has 0 aliphatic heterocycles. The normalized spacial score (nSPS) is 16.5. The van der Waals surface area contributed by atoms with Gasteiger partial charge in [0.2, 0.25) is 5.91 Å². The average molecular weight is 353 g/mol. The van der Waals surface area contributed by atoms with Gasteiger partial charge in [-0.05, 0) is 32.9 Å². The molecular weight excluding hydrogens is 328 g/mol. The Bertz CT molecular complexity index is 618. The van der Waals surface area contributed by atoms with E-state index in [2.05, 4.69) is 10.6 Å². The number of likely N-dealkylation sites (N-methyl/N-ethyl adjacent to an activating group) is 1. The fraction of sp³-hybridized carbons (Fsp3) is 0.556. The summed E-state index contributed by atoms with van der Waals surface area (Å²) in [6, 6.07) is 2.32. The molecule has 138 valence electrons. The SMILES string of the molecule is C[C@H](C(=O)NC(=O)NC1CCCCC1)N(C)Cc1ccc(F)cc1F. The van der Waals surface area contributed by atoms with Crippen LogP contribution in [0.25, 0.3) is 0 Å². The number of benzene rings is 1. The zero-order valence-electron chi connectivity index (χ0n) is 14.6. The minimum atomic E-state index is -0.658. The Morgan fingerprint density at radius 3 is 2.56 bits per heavy atom. The zero-order chi connectivity index (χ0) is 18.4. The standard InChI is InChI=1S/C18H25F2N3O2/c1-12(23(2)11-13-8-9-14(19)10-16(13)20)17(24)22-18(25)21-15-6-4-3-5-7-15/h8-10,12,15H,3-7,11H2,1-2H3,(H2,21,22,24,25)/t12-/m1/s1. The number of halogens is 2. The Kier molecular flexibility index (Phi) is 6.87. The summed E-state index contributed by atoms with van der Waals surface area (Å²) in [5.41, 5.74) is 0.287. The minimum absolute atomic E-state index is 0.114. The molecule has 1 fully saturated rings. The molecule has 7 heteroatoms. The van der Waals surface area contributed by atoms with Crippen molar-refractivity contribution in [2.75, 3.05) is 7.05 Å². The molecule has 5 nitrogen and oxygen atoms in total. The summed E-state index contributed by atoms with van der Waals surface area (Å²) < 4.78 is 26.7. The number of rotatable bonds is 5. The van der Waals surface area contributed by atoms with Crippen LogP contribution in [0.1, 0.15) is 44.6 Å². The second-order valence-corrected chi connectivity index (χ2v) is 6.62. The summed E-state index contributed by atoms with van der Waals surface area (Å²) in [6.45, 7) is 1.76. The van der Waals surface area contributed by atoms with Crippen LogP contribution in [0.3, 0.4) is 0 Å². The summed E-state index contributed by atoms with van der Waals surface area (Å²) in [5, 5.41) is 5.15. The van der Waals surface area contributed by atoms with E-state index in [4.69, 9.17) is 0 Å². The highest BCUT2D eigenvalue weighted by Crippen LogP contribution is 2.17. The predicted molar refractivity (Wildman–Crippen MR) is 90.8 cm³/mol. The summed E-state index contributed by atoms with van der Waals surface area (Å²) in [4.78, 5) is 25.7. The predicted octanol–water partition coefficient (Wildman–Crippen LogP) is 2.94. The second-order valence-electron chi connectivity index (χ2n) is 6.62. The number of imide groups is 1. The van der Waals surface area contributed by atoms with Crippen molar-refractivity contribution < 1.29 is 18.4 Å². The van der Waals surface area contributed by atoms with E-state index in [-0.39, 0.29) is 18.2 Å². The van der Waals surface area contributed by atoms with Crippen molar-refractivity contribution in [3.8, 4) is 0 Å². The van der Waals surface area contributed by atoms with Crippen LogP contribution in [0.2, 0.25) is 0 Å². The Balaban J connectivity index is 1.84. The number of nitrogens with one attached hydrogen (secondary N) is 2. The van der Waals surface area contributed by atoms with Crippen LogP contribution in [-0.4, -0.2) is 36.0 Å². The van der Waals surface area contributed by atoms with Crippen LogP contribution in [-0.2, 0) is 11.3 Å². The number of nitrogens with zero attached hydrogens (tertiary/aromatic N) is 1. The van der Waals surface area contributed by atoms with Gasteiger partial charge in [-0.15, -0.1) is 0 Å². The second kappa shape index (κ2) is 8.89. The van der Waals surface area contributed by atoms with E-state index >= 15 is 0 Å². The lowest BCUT2D eigenvalue weighted by atomic mass is 9.96. The molecule has 1 aliphatic carbocycles. The smallest absolute Gasteiger partial charge is 0.321 e. The molecule has 1 aliphatic rings. The quantitative estimate of drug-likeness (QED) is 0.856. The first-order chi connectivity index (χ1) is 11.9. The third kappa shape index (κ3) is 5.77. The molecule has 2 N–H and O–H groups in total. The molecule has 0 radical (unpaired) electrons. The van der Waals surface area contributed by atoms with Crippen LogP contribution in [0.4, 0.5) is 13.6 Å². The monoisotopic (exact) mass is 353 g/mol. The highest BCUT2D eigenvalue weighted by molar-refractivity contribution is 5.96. The molecule has 3 amide bonds. The molecule has 0 heterocycles. The third-order valence-corrected chi connectivity index (χ3v) is 4.65. The van der Waals surface area contributed by atoms with Crippen molar-refractivity contribution in [1.29, 1.82) is 0 Å². The van der Waals surface area contributed by atoms with Crippen molar-refractivity contribution in [2.45, 2.75) is 57.7 Å². The fourth-order valence-corrected chi connectivity index (χ4v) is 2.94. The van der Waals surface area contributed by atoms with Crippen molar-refractivity contribution in [1.82, 2.24) is 15.5 Å². The number of carbonyl (C=O) groups excluding carboxylic acids is 2. The highest BCUT2D eigenvalue weighted by Gasteiger charge is 2.22. The maximum absolute atomic E-state index is 13.7. The average Bonchev–Trinajstić information content (AvgIpc) is 2.57. The van der Waals surface area contributed by atoms with E-state index in [9.17, 15) is 18.4 Å². The van der Waals surface area contributed by atoms with Crippen molar-refractivity contribution in [3.63, 3.8) is 0 Å². The van der Waals surface area contributed by atoms with E-state index in [0.717, 1.165) is 31.7 Å². The number of hydrogen-bond acceptors (Lipinski definition) is 3. The van der Waals surface area contributed by atoms with Gasteiger partial charge in [-0.25, -0.2) is 13.6 Å². The van der Waals surface area contributed by atoms with Gasteiger partial charge in [-0.1, -0.05) is 25.3 Å². The minimum Gasteiger partial charge on any atom is -0.335 e. The largest absolute Gasteiger partial charge is 0.335 e. The topological polar surface area (TPSA) is 61.4 Å². The molecule has 0 bridgehead atoms. The van der Waals surface area contributed by atoms with Crippen LogP contribution < -0.4 is 10.6 Å². The van der Waals surface area contributed by atoms with Crippen LogP contribution in [0.15, 0.2) is 18.2 Å². The summed E-state index contributed by atoms with van der Waals surface area (Å²) in [7, 11) is 1.64. The maximum Gasteiger partial charge on any atom is 0.321 e. The lowest BCUT2D eigenvalue weighted by Crippen LogP contribution is -2.50. The van der Waals surface area contributed by atoms with E-state index < -0.39 is 29.6 Å². The summed E-state index contributed by atoms with van der Waals surface area (Å²) >= 11 is 0. The maximum atomic E-state index is 13.7. The van der Waals surface area contributed by atoms with Crippen LogP contribution >= 0.6 is 0 Å². The van der Waals surface area contributed by atoms with E-state index in [1.54, 1.807) is 18.9 Å². The van der Waals surface area contributed by atoms with Gasteiger partial charge >= 0.3 is 6.03 Å². The third-order valence-electron chi connectivity index (χ3n) is 4.65. The Hall–Kier alpha value is -2.02. The highest BCUT2D eigenvalue weighted by atomic mass is 19.1. The molecule has 1 aromatic carbocycles. The molecule has 2 rings (SSSR count). The summed E-state index contributed by atoms with van der Waals surface area (Å²) in [5.74, 6) is -1.76. The van der Waals surface area contributed by atoms with Crippen molar-refractivity contribution >= 4 is 11.9 Å².